The SMILES string of the molecule is COc1ccc2[nH]cc(CNCC3CCNCC3)c2c1. The van der Waals surface area contributed by atoms with Crippen molar-refractivity contribution in [1.29, 1.82) is 0 Å². The van der Waals surface area contributed by atoms with Crippen molar-refractivity contribution in [3.63, 3.8) is 0 Å². The molecule has 3 N–H and O–H groups in total. The van der Waals surface area contributed by atoms with E-state index in [0.717, 1.165) is 37.8 Å². The molecule has 0 spiro atoms. The molecule has 108 valence electrons. The van der Waals surface area contributed by atoms with Crippen LogP contribution in [0.15, 0.2) is 24.4 Å². The summed E-state index contributed by atoms with van der Waals surface area (Å²) in [6.07, 6.45) is 4.67. The molecule has 2 aromatic rings. The van der Waals surface area contributed by atoms with Crippen LogP contribution in [0.25, 0.3) is 10.9 Å². The summed E-state index contributed by atoms with van der Waals surface area (Å²) < 4.78 is 5.31. The second-order valence-electron chi connectivity index (χ2n) is 5.55. The average Bonchev–Trinajstić information content (AvgIpc) is 2.91. The van der Waals surface area contributed by atoms with Crippen LogP contribution in [-0.2, 0) is 6.54 Å². The predicted octanol–water partition coefficient (Wildman–Crippen LogP) is 2.27. The van der Waals surface area contributed by atoms with Gasteiger partial charge in [0.2, 0.25) is 0 Å². The van der Waals surface area contributed by atoms with E-state index >= 15 is 0 Å². The topological polar surface area (TPSA) is 49.1 Å². The fraction of sp³-hybridized carbons (Fsp3) is 0.500. The van der Waals surface area contributed by atoms with E-state index in [-0.39, 0.29) is 0 Å². The smallest absolute Gasteiger partial charge is 0.119 e. The Morgan fingerprint density at radius 1 is 1.30 bits per heavy atom. The van der Waals surface area contributed by atoms with Crippen LogP contribution < -0.4 is 15.4 Å². The van der Waals surface area contributed by atoms with Gasteiger partial charge in [0.1, 0.15) is 5.75 Å². The Balaban J connectivity index is 1.62. The molecule has 0 radical (unpaired) electrons. The van der Waals surface area contributed by atoms with Gasteiger partial charge in [0, 0.05) is 23.6 Å². The molecule has 1 aliphatic heterocycles. The highest BCUT2D eigenvalue weighted by Crippen LogP contribution is 2.23. The molecular weight excluding hydrogens is 250 g/mol. The van der Waals surface area contributed by atoms with Crippen LogP contribution in [0.1, 0.15) is 18.4 Å². The molecular formula is C16H23N3O. The summed E-state index contributed by atoms with van der Waals surface area (Å²) in [5.41, 5.74) is 2.48. The van der Waals surface area contributed by atoms with Gasteiger partial charge in [0.15, 0.2) is 0 Å². The summed E-state index contributed by atoms with van der Waals surface area (Å²) in [6, 6.07) is 6.17. The van der Waals surface area contributed by atoms with Gasteiger partial charge in [-0.15, -0.1) is 0 Å². The van der Waals surface area contributed by atoms with Crippen LogP contribution in [-0.4, -0.2) is 31.7 Å². The molecule has 0 atom stereocenters. The third-order valence-corrected chi connectivity index (χ3v) is 4.18. The molecule has 20 heavy (non-hydrogen) atoms. The van der Waals surface area contributed by atoms with Crippen molar-refractivity contribution < 1.29 is 4.74 Å². The third-order valence-electron chi connectivity index (χ3n) is 4.18. The standard InChI is InChI=1S/C16H23N3O/c1-20-14-2-3-16-15(8-14)13(11-19-16)10-18-9-12-4-6-17-7-5-12/h2-3,8,11-12,17-19H,4-7,9-10H2,1H3. The molecule has 1 aliphatic rings. The van der Waals surface area contributed by atoms with E-state index in [4.69, 9.17) is 4.74 Å². The van der Waals surface area contributed by atoms with Gasteiger partial charge in [-0.05, 0) is 62.2 Å². The minimum absolute atomic E-state index is 0.816. The molecule has 0 bridgehead atoms. The number of piperidine rings is 1. The maximum Gasteiger partial charge on any atom is 0.119 e. The molecule has 1 aromatic carbocycles. The van der Waals surface area contributed by atoms with E-state index < -0.39 is 0 Å². The van der Waals surface area contributed by atoms with Gasteiger partial charge in [0.05, 0.1) is 7.11 Å². The van der Waals surface area contributed by atoms with Crippen LogP contribution in [0.2, 0.25) is 0 Å². The molecule has 1 saturated heterocycles. The first-order valence-electron chi connectivity index (χ1n) is 7.42. The highest BCUT2D eigenvalue weighted by Gasteiger charge is 2.12. The van der Waals surface area contributed by atoms with Crippen LogP contribution in [0.5, 0.6) is 5.75 Å². The monoisotopic (exact) mass is 273 g/mol. The maximum absolute atomic E-state index is 5.31. The van der Waals surface area contributed by atoms with E-state index in [9.17, 15) is 0 Å². The van der Waals surface area contributed by atoms with Gasteiger partial charge < -0.3 is 20.4 Å². The summed E-state index contributed by atoms with van der Waals surface area (Å²) in [6.45, 7) is 4.35. The zero-order valence-electron chi connectivity index (χ0n) is 12.0. The van der Waals surface area contributed by atoms with Crippen molar-refractivity contribution in [2.24, 2.45) is 5.92 Å². The Bertz CT molecular complexity index is 558. The van der Waals surface area contributed by atoms with Crippen LogP contribution >= 0.6 is 0 Å². The molecule has 0 amide bonds. The van der Waals surface area contributed by atoms with Gasteiger partial charge in [-0.1, -0.05) is 0 Å². The summed E-state index contributed by atoms with van der Waals surface area (Å²) in [7, 11) is 1.71. The summed E-state index contributed by atoms with van der Waals surface area (Å²) in [5.74, 6) is 1.73. The van der Waals surface area contributed by atoms with Gasteiger partial charge in [-0.3, -0.25) is 0 Å². The Labute approximate surface area is 119 Å². The molecule has 3 rings (SSSR count). The van der Waals surface area contributed by atoms with E-state index in [1.165, 1.54) is 29.3 Å². The van der Waals surface area contributed by atoms with E-state index in [1.54, 1.807) is 7.11 Å². The number of hydrogen-bond acceptors (Lipinski definition) is 3. The number of H-pyrrole nitrogens is 1. The molecule has 4 heteroatoms. The van der Waals surface area contributed by atoms with Gasteiger partial charge >= 0.3 is 0 Å². The number of aromatic amines is 1. The molecule has 2 heterocycles. The Morgan fingerprint density at radius 2 is 2.15 bits per heavy atom. The molecule has 0 unspecified atom stereocenters. The quantitative estimate of drug-likeness (QED) is 0.783. The number of benzene rings is 1. The third kappa shape index (κ3) is 2.97. The molecule has 0 saturated carbocycles. The summed E-state index contributed by atoms with van der Waals surface area (Å²) >= 11 is 0. The zero-order chi connectivity index (χ0) is 13.8. The van der Waals surface area contributed by atoms with Crippen molar-refractivity contribution in [3.8, 4) is 5.75 Å². The molecule has 0 aliphatic carbocycles. The first-order chi connectivity index (χ1) is 9.86. The minimum atomic E-state index is 0.816. The molecule has 1 aromatic heterocycles. The zero-order valence-corrected chi connectivity index (χ0v) is 12.0. The Morgan fingerprint density at radius 3 is 2.95 bits per heavy atom. The lowest BCUT2D eigenvalue weighted by atomic mass is 9.98. The average molecular weight is 273 g/mol. The van der Waals surface area contributed by atoms with Gasteiger partial charge in [0.25, 0.3) is 0 Å². The van der Waals surface area contributed by atoms with Crippen molar-refractivity contribution in [1.82, 2.24) is 15.6 Å². The number of methoxy groups -OCH3 is 1. The summed E-state index contributed by atoms with van der Waals surface area (Å²) in [5, 5.41) is 8.26. The van der Waals surface area contributed by atoms with E-state index in [2.05, 4.69) is 33.9 Å². The van der Waals surface area contributed by atoms with Crippen molar-refractivity contribution in [2.45, 2.75) is 19.4 Å². The van der Waals surface area contributed by atoms with Crippen LogP contribution in [0.4, 0.5) is 0 Å². The first kappa shape index (κ1) is 13.5. The van der Waals surface area contributed by atoms with E-state index in [1.807, 2.05) is 6.07 Å². The predicted molar refractivity (Wildman–Crippen MR) is 82.2 cm³/mol. The number of fused-ring (bicyclic) bond motifs is 1. The van der Waals surface area contributed by atoms with Gasteiger partial charge in [-0.25, -0.2) is 0 Å². The van der Waals surface area contributed by atoms with Crippen LogP contribution in [0, 0.1) is 5.92 Å². The lowest BCUT2D eigenvalue weighted by Crippen LogP contribution is -2.33. The molecule has 4 nitrogen and oxygen atoms in total. The maximum atomic E-state index is 5.31. The van der Waals surface area contributed by atoms with Crippen LogP contribution in [0.3, 0.4) is 0 Å². The summed E-state index contributed by atoms with van der Waals surface area (Å²) in [4.78, 5) is 3.32. The number of nitrogens with one attached hydrogen (secondary N) is 3. The normalized spacial score (nSPS) is 16.6. The number of rotatable bonds is 5. The number of ether oxygens (including phenoxy) is 1. The highest BCUT2D eigenvalue weighted by molar-refractivity contribution is 5.84. The lowest BCUT2D eigenvalue weighted by Gasteiger charge is -2.22. The van der Waals surface area contributed by atoms with Gasteiger partial charge in [-0.2, -0.15) is 0 Å². The second-order valence-corrected chi connectivity index (χ2v) is 5.55. The minimum Gasteiger partial charge on any atom is -0.497 e. The van der Waals surface area contributed by atoms with Crippen molar-refractivity contribution >= 4 is 10.9 Å². The second kappa shape index (κ2) is 6.29. The number of aromatic nitrogens is 1. The fourth-order valence-electron chi connectivity index (χ4n) is 2.93. The van der Waals surface area contributed by atoms with Crippen molar-refractivity contribution in [2.75, 3.05) is 26.7 Å². The largest absolute Gasteiger partial charge is 0.497 e. The number of hydrogen-bond donors (Lipinski definition) is 3. The Hall–Kier alpha value is -1.52. The highest BCUT2D eigenvalue weighted by atomic mass is 16.5. The fourth-order valence-corrected chi connectivity index (χ4v) is 2.93. The first-order valence-corrected chi connectivity index (χ1v) is 7.42. The lowest BCUT2D eigenvalue weighted by molar-refractivity contribution is 0.356. The van der Waals surface area contributed by atoms with E-state index in [0.29, 0.717) is 0 Å². The van der Waals surface area contributed by atoms with Crippen molar-refractivity contribution in [3.05, 3.63) is 30.0 Å². The Kier molecular flexibility index (Phi) is 4.23. The molecule has 1 fully saturated rings.